The van der Waals surface area contributed by atoms with Gasteiger partial charge in [-0.3, -0.25) is 4.18 Å². The van der Waals surface area contributed by atoms with Crippen LogP contribution in [0.15, 0.2) is 24.3 Å². The maximum Gasteiger partial charge on any atom is 0.348 e. The third kappa shape index (κ3) is 2.73. The fourth-order valence-corrected chi connectivity index (χ4v) is 5.43. The van der Waals surface area contributed by atoms with E-state index in [1.54, 1.807) is 12.1 Å². The second kappa shape index (κ2) is 6.44. The SMILES string of the molecule is COC(=O)c1cc2cc(C3(S(=O)(=O)OC)CCOCC3)ccc2s1. The molecule has 0 spiro atoms. The van der Waals surface area contributed by atoms with Crippen LogP contribution in [0.1, 0.15) is 28.1 Å². The van der Waals surface area contributed by atoms with E-state index in [-0.39, 0.29) is 0 Å². The number of ether oxygens (including phenoxy) is 2. The molecule has 2 aromatic rings. The monoisotopic (exact) mass is 370 g/mol. The molecule has 6 nitrogen and oxygen atoms in total. The largest absolute Gasteiger partial charge is 0.465 e. The molecule has 0 radical (unpaired) electrons. The number of benzene rings is 1. The first-order valence-electron chi connectivity index (χ1n) is 7.44. The van der Waals surface area contributed by atoms with Crippen molar-refractivity contribution in [1.82, 2.24) is 0 Å². The highest BCUT2D eigenvalue weighted by Crippen LogP contribution is 2.42. The Balaban J connectivity index is 2.13. The van der Waals surface area contributed by atoms with E-state index in [1.807, 2.05) is 12.1 Å². The second-order valence-electron chi connectivity index (χ2n) is 5.58. The standard InChI is InChI=1S/C16H18O6S2/c1-20-15(17)14-10-11-9-12(3-4-13(11)23-14)16(24(18,19)21-2)5-7-22-8-6-16/h3-4,9-10H,5-8H2,1-2H3. The van der Waals surface area contributed by atoms with Crippen LogP contribution in [0.25, 0.3) is 10.1 Å². The molecule has 1 aromatic heterocycles. The van der Waals surface area contributed by atoms with Crippen molar-refractivity contribution in [3.63, 3.8) is 0 Å². The molecule has 1 saturated heterocycles. The van der Waals surface area contributed by atoms with E-state index in [1.165, 1.54) is 25.6 Å². The zero-order chi connectivity index (χ0) is 17.4. The molecule has 0 amide bonds. The van der Waals surface area contributed by atoms with E-state index in [4.69, 9.17) is 13.7 Å². The molecule has 0 bridgehead atoms. The fourth-order valence-electron chi connectivity index (χ4n) is 3.07. The average molecular weight is 370 g/mol. The van der Waals surface area contributed by atoms with Crippen LogP contribution < -0.4 is 0 Å². The Morgan fingerprint density at radius 2 is 1.92 bits per heavy atom. The Labute approximate surface area is 144 Å². The molecule has 0 unspecified atom stereocenters. The van der Waals surface area contributed by atoms with Gasteiger partial charge in [-0.05, 0) is 42.0 Å². The molecule has 1 aliphatic rings. The van der Waals surface area contributed by atoms with Crippen LogP contribution in [0.4, 0.5) is 0 Å². The summed E-state index contributed by atoms with van der Waals surface area (Å²) in [6.45, 7) is 0.718. The highest BCUT2D eigenvalue weighted by atomic mass is 32.2. The van der Waals surface area contributed by atoms with Crippen LogP contribution >= 0.6 is 11.3 Å². The third-order valence-corrected chi connectivity index (χ3v) is 7.56. The van der Waals surface area contributed by atoms with Gasteiger partial charge in [0, 0.05) is 17.9 Å². The minimum absolute atomic E-state index is 0.336. The molecule has 130 valence electrons. The van der Waals surface area contributed by atoms with Gasteiger partial charge in [-0.1, -0.05) is 6.07 Å². The molecule has 0 atom stereocenters. The molecule has 3 rings (SSSR count). The van der Waals surface area contributed by atoms with Gasteiger partial charge in [0.1, 0.15) is 9.62 Å². The van der Waals surface area contributed by atoms with Crippen molar-refractivity contribution in [2.45, 2.75) is 17.6 Å². The lowest BCUT2D eigenvalue weighted by Crippen LogP contribution is -2.41. The molecule has 24 heavy (non-hydrogen) atoms. The number of rotatable bonds is 4. The summed E-state index contributed by atoms with van der Waals surface area (Å²) < 4.78 is 40.0. The lowest BCUT2D eigenvalue weighted by Gasteiger charge is -2.35. The van der Waals surface area contributed by atoms with Crippen molar-refractivity contribution in [2.75, 3.05) is 27.4 Å². The quantitative estimate of drug-likeness (QED) is 0.608. The normalized spacial score (nSPS) is 17.8. The highest BCUT2D eigenvalue weighted by molar-refractivity contribution is 7.87. The van der Waals surface area contributed by atoms with Crippen LogP contribution in [-0.4, -0.2) is 41.8 Å². The predicted molar refractivity (Wildman–Crippen MR) is 90.8 cm³/mol. The van der Waals surface area contributed by atoms with E-state index in [2.05, 4.69) is 0 Å². The first kappa shape index (κ1) is 17.3. The predicted octanol–water partition coefficient (Wildman–Crippen LogP) is 2.67. The van der Waals surface area contributed by atoms with Gasteiger partial charge in [-0.15, -0.1) is 11.3 Å². The second-order valence-corrected chi connectivity index (χ2v) is 8.69. The van der Waals surface area contributed by atoms with Crippen LogP contribution in [0.2, 0.25) is 0 Å². The summed E-state index contributed by atoms with van der Waals surface area (Å²) in [5, 5.41) is 0.815. The number of carbonyl (C=O) groups is 1. The minimum Gasteiger partial charge on any atom is -0.465 e. The van der Waals surface area contributed by atoms with Gasteiger partial charge in [0.25, 0.3) is 10.1 Å². The number of thiophene rings is 1. The van der Waals surface area contributed by atoms with E-state index >= 15 is 0 Å². The van der Waals surface area contributed by atoms with E-state index in [0.29, 0.717) is 36.5 Å². The molecule has 1 fully saturated rings. The Morgan fingerprint density at radius 3 is 2.54 bits per heavy atom. The fraction of sp³-hybridized carbons (Fsp3) is 0.438. The van der Waals surface area contributed by atoms with Crippen molar-refractivity contribution >= 4 is 37.5 Å². The Morgan fingerprint density at radius 1 is 1.21 bits per heavy atom. The minimum atomic E-state index is -3.79. The van der Waals surface area contributed by atoms with Crippen molar-refractivity contribution in [3.8, 4) is 0 Å². The number of esters is 1. The van der Waals surface area contributed by atoms with Crippen molar-refractivity contribution in [1.29, 1.82) is 0 Å². The zero-order valence-electron chi connectivity index (χ0n) is 13.4. The summed E-state index contributed by atoms with van der Waals surface area (Å²) in [6.07, 6.45) is 0.672. The first-order valence-corrected chi connectivity index (χ1v) is 9.66. The van der Waals surface area contributed by atoms with E-state index in [9.17, 15) is 13.2 Å². The first-order chi connectivity index (χ1) is 11.4. The number of hydrogen-bond acceptors (Lipinski definition) is 7. The Bertz CT molecular complexity index is 862. The van der Waals surface area contributed by atoms with Crippen LogP contribution in [-0.2, 0) is 28.5 Å². The van der Waals surface area contributed by atoms with Crippen molar-refractivity contribution < 1.29 is 26.9 Å². The van der Waals surface area contributed by atoms with E-state index < -0.39 is 20.8 Å². The zero-order valence-corrected chi connectivity index (χ0v) is 15.0. The summed E-state index contributed by atoms with van der Waals surface area (Å²) in [6, 6.07) is 7.17. The van der Waals surface area contributed by atoms with Crippen LogP contribution in [0.3, 0.4) is 0 Å². The number of hydrogen-bond donors (Lipinski definition) is 0. The van der Waals surface area contributed by atoms with Crippen LogP contribution in [0, 0.1) is 0 Å². The van der Waals surface area contributed by atoms with Gasteiger partial charge in [-0.25, -0.2) is 4.79 Å². The molecule has 2 heterocycles. The molecule has 0 aliphatic carbocycles. The molecule has 8 heteroatoms. The van der Waals surface area contributed by atoms with Gasteiger partial charge >= 0.3 is 5.97 Å². The van der Waals surface area contributed by atoms with Gasteiger partial charge in [0.05, 0.1) is 14.2 Å². The molecule has 0 saturated carbocycles. The van der Waals surface area contributed by atoms with Gasteiger partial charge in [-0.2, -0.15) is 8.42 Å². The van der Waals surface area contributed by atoms with Gasteiger partial charge in [0.2, 0.25) is 0 Å². The smallest absolute Gasteiger partial charge is 0.348 e. The highest BCUT2D eigenvalue weighted by Gasteiger charge is 2.47. The molecular formula is C16H18O6S2. The Hall–Kier alpha value is -1.48. The number of methoxy groups -OCH3 is 1. The number of carbonyl (C=O) groups excluding carboxylic acids is 1. The molecule has 0 N–H and O–H groups in total. The maximum absolute atomic E-state index is 12.6. The topological polar surface area (TPSA) is 78.9 Å². The summed E-state index contributed by atoms with van der Waals surface area (Å²) in [7, 11) is -1.27. The van der Waals surface area contributed by atoms with Crippen molar-refractivity contribution in [3.05, 3.63) is 34.7 Å². The van der Waals surface area contributed by atoms with Gasteiger partial charge < -0.3 is 9.47 Å². The summed E-state index contributed by atoms with van der Waals surface area (Å²) in [5.74, 6) is -0.400. The average Bonchev–Trinajstić information content (AvgIpc) is 3.04. The summed E-state index contributed by atoms with van der Waals surface area (Å²) in [5.41, 5.74) is 0.661. The van der Waals surface area contributed by atoms with Gasteiger partial charge in [0.15, 0.2) is 0 Å². The number of fused-ring (bicyclic) bond motifs is 1. The lowest BCUT2D eigenvalue weighted by molar-refractivity contribution is 0.0606. The molecule has 1 aromatic carbocycles. The Kier molecular flexibility index (Phi) is 4.65. The van der Waals surface area contributed by atoms with E-state index in [0.717, 1.165) is 10.1 Å². The maximum atomic E-state index is 12.6. The molecular weight excluding hydrogens is 352 g/mol. The lowest BCUT2D eigenvalue weighted by atomic mass is 9.90. The third-order valence-electron chi connectivity index (χ3n) is 4.43. The summed E-state index contributed by atoms with van der Waals surface area (Å²) in [4.78, 5) is 12.2. The van der Waals surface area contributed by atoms with Crippen molar-refractivity contribution in [2.24, 2.45) is 0 Å². The molecule has 1 aliphatic heterocycles. The van der Waals surface area contributed by atoms with Crippen LogP contribution in [0.5, 0.6) is 0 Å². The summed E-state index contributed by atoms with van der Waals surface area (Å²) >= 11 is 1.32.